The first-order valence-electron chi connectivity index (χ1n) is 13.0. The van der Waals surface area contributed by atoms with Gasteiger partial charge in [-0.3, -0.25) is 14.9 Å². The first kappa shape index (κ1) is 29.2. The van der Waals surface area contributed by atoms with Crippen molar-refractivity contribution in [2.45, 2.75) is 64.0 Å². The maximum absolute atomic E-state index is 13.3. The smallest absolute Gasteiger partial charge is 0.272 e. The molecule has 2 N–H and O–H groups in total. The van der Waals surface area contributed by atoms with Crippen LogP contribution in [0, 0.1) is 24.0 Å². The van der Waals surface area contributed by atoms with Crippen LogP contribution >= 0.6 is 0 Å². The highest BCUT2D eigenvalue weighted by atomic mass is 32.2. The van der Waals surface area contributed by atoms with Gasteiger partial charge in [0.2, 0.25) is 15.9 Å². The molecule has 1 saturated heterocycles. The SMILES string of the molecule is CC[C@@H](C)NS(=O)(=O)c1cc([N+](=O)[O-])ccc1Oc1c(C)c(C(=O)NC[C@@H]2CCCO2)nn1-c1ccc(C)cc1. The van der Waals surface area contributed by atoms with E-state index in [-0.39, 0.29) is 23.4 Å². The Morgan fingerprint density at radius 3 is 2.60 bits per heavy atom. The minimum Gasteiger partial charge on any atom is -0.437 e. The van der Waals surface area contributed by atoms with Crippen LogP contribution < -0.4 is 14.8 Å². The zero-order valence-corrected chi connectivity index (χ0v) is 23.7. The molecule has 2 heterocycles. The molecule has 2 aromatic carbocycles. The lowest BCUT2D eigenvalue weighted by Crippen LogP contribution is -2.32. The number of nitrogens with zero attached hydrogens (tertiary/aromatic N) is 3. The number of rotatable bonds is 11. The third kappa shape index (κ3) is 6.49. The summed E-state index contributed by atoms with van der Waals surface area (Å²) in [7, 11) is -4.20. The molecular formula is C27H33N5O7S. The molecule has 0 bridgehead atoms. The highest BCUT2D eigenvalue weighted by Gasteiger charge is 2.29. The van der Waals surface area contributed by atoms with Gasteiger partial charge in [0.05, 0.1) is 16.7 Å². The molecule has 2 atom stereocenters. The van der Waals surface area contributed by atoms with Gasteiger partial charge in [0, 0.05) is 36.9 Å². The Morgan fingerprint density at radius 1 is 1.25 bits per heavy atom. The molecule has 0 spiro atoms. The van der Waals surface area contributed by atoms with Crippen molar-refractivity contribution < 1.29 is 27.6 Å². The summed E-state index contributed by atoms with van der Waals surface area (Å²) in [6.45, 7) is 8.06. The lowest BCUT2D eigenvalue weighted by atomic mass is 10.2. The molecule has 12 nitrogen and oxygen atoms in total. The Hall–Kier alpha value is -3.81. The molecular weight excluding hydrogens is 538 g/mol. The van der Waals surface area contributed by atoms with E-state index in [1.807, 2.05) is 26.0 Å². The van der Waals surface area contributed by atoms with Crippen LogP contribution in [0.4, 0.5) is 5.69 Å². The van der Waals surface area contributed by atoms with Crippen molar-refractivity contribution >= 4 is 21.6 Å². The Labute approximate surface area is 232 Å². The van der Waals surface area contributed by atoms with E-state index in [1.54, 1.807) is 26.0 Å². The van der Waals surface area contributed by atoms with Gasteiger partial charge >= 0.3 is 0 Å². The third-order valence-corrected chi connectivity index (χ3v) is 8.29. The van der Waals surface area contributed by atoms with Crippen molar-refractivity contribution in [1.29, 1.82) is 0 Å². The molecule has 0 saturated carbocycles. The van der Waals surface area contributed by atoms with Crippen LogP contribution in [0.25, 0.3) is 5.69 Å². The van der Waals surface area contributed by atoms with Crippen molar-refractivity contribution in [2.75, 3.05) is 13.2 Å². The number of amides is 1. The molecule has 1 aromatic heterocycles. The van der Waals surface area contributed by atoms with Crippen molar-refractivity contribution in [3.63, 3.8) is 0 Å². The second-order valence-corrected chi connectivity index (χ2v) is 11.5. The van der Waals surface area contributed by atoms with E-state index in [0.29, 0.717) is 30.8 Å². The molecule has 1 aliphatic heterocycles. The predicted molar refractivity (Wildman–Crippen MR) is 148 cm³/mol. The first-order valence-corrected chi connectivity index (χ1v) is 14.5. The van der Waals surface area contributed by atoms with Crippen molar-refractivity contribution in [2.24, 2.45) is 0 Å². The molecule has 1 aliphatic rings. The van der Waals surface area contributed by atoms with Gasteiger partial charge < -0.3 is 14.8 Å². The van der Waals surface area contributed by atoms with Crippen LogP contribution in [0.15, 0.2) is 47.4 Å². The van der Waals surface area contributed by atoms with Crippen LogP contribution in [0.2, 0.25) is 0 Å². The fourth-order valence-electron chi connectivity index (χ4n) is 4.19. The van der Waals surface area contributed by atoms with Gasteiger partial charge in [0.25, 0.3) is 11.6 Å². The molecule has 214 valence electrons. The standard InChI is InChI=1S/C27H33N5O7S/c1-5-18(3)30-40(36,37)24-15-21(32(34)35)12-13-23(24)39-27-19(4)25(26(33)28-16-22-7-6-14-38-22)29-31(27)20-10-8-17(2)9-11-20/h8-13,15,18,22,30H,5-7,14,16H2,1-4H3,(H,28,33)/t18-,22+/m1/s1. The summed E-state index contributed by atoms with van der Waals surface area (Å²) >= 11 is 0. The number of non-ortho nitro benzene ring substituents is 1. The quantitative estimate of drug-likeness (QED) is 0.257. The highest BCUT2D eigenvalue weighted by molar-refractivity contribution is 7.89. The molecule has 0 radical (unpaired) electrons. The number of nitrogens with one attached hydrogen (secondary N) is 2. The van der Waals surface area contributed by atoms with E-state index >= 15 is 0 Å². The molecule has 0 aliphatic carbocycles. The summed E-state index contributed by atoms with van der Waals surface area (Å²) in [6, 6.07) is 10.2. The van der Waals surface area contributed by atoms with Crippen molar-refractivity contribution in [3.05, 3.63) is 69.4 Å². The largest absolute Gasteiger partial charge is 0.437 e. The highest BCUT2D eigenvalue weighted by Crippen LogP contribution is 2.36. The summed E-state index contributed by atoms with van der Waals surface area (Å²) in [5, 5.41) is 18.8. The van der Waals surface area contributed by atoms with E-state index in [1.165, 1.54) is 10.7 Å². The molecule has 1 amide bonds. The minimum absolute atomic E-state index is 0.0648. The maximum Gasteiger partial charge on any atom is 0.272 e. The van der Waals surface area contributed by atoms with Crippen LogP contribution in [-0.4, -0.2) is 54.3 Å². The topological polar surface area (TPSA) is 155 Å². The number of benzene rings is 2. The summed E-state index contributed by atoms with van der Waals surface area (Å²) in [5.41, 5.74) is 1.63. The summed E-state index contributed by atoms with van der Waals surface area (Å²) in [5.74, 6) is -0.484. The van der Waals surface area contributed by atoms with Crippen molar-refractivity contribution in [3.8, 4) is 17.3 Å². The van der Waals surface area contributed by atoms with Gasteiger partial charge in [-0.15, -0.1) is 0 Å². The number of carbonyl (C=O) groups excluding carboxylic acids is 1. The lowest BCUT2D eigenvalue weighted by Gasteiger charge is -2.16. The first-order chi connectivity index (χ1) is 19.0. The fourth-order valence-corrected chi connectivity index (χ4v) is 5.67. The number of carbonyl (C=O) groups is 1. The number of aromatic nitrogens is 2. The number of nitro groups is 1. The van der Waals surface area contributed by atoms with Gasteiger partial charge in [0.15, 0.2) is 5.69 Å². The Balaban J connectivity index is 1.78. The zero-order valence-electron chi connectivity index (χ0n) is 22.8. The minimum atomic E-state index is -4.20. The van der Waals surface area contributed by atoms with E-state index < -0.39 is 37.5 Å². The second kappa shape index (κ2) is 12.1. The summed E-state index contributed by atoms with van der Waals surface area (Å²) in [6.07, 6.45) is 2.23. The number of nitro benzene ring substituents is 1. The van der Waals surface area contributed by atoms with Crippen LogP contribution in [0.5, 0.6) is 11.6 Å². The second-order valence-electron chi connectivity index (χ2n) is 9.79. The van der Waals surface area contributed by atoms with Crippen molar-refractivity contribution in [1.82, 2.24) is 19.8 Å². The van der Waals surface area contributed by atoms with E-state index in [9.17, 15) is 23.3 Å². The maximum atomic E-state index is 13.3. The van der Waals surface area contributed by atoms with Gasteiger partial charge in [0.1, 0.15) is 10.6 Å². The molecule has 4 rings (SSSR count). The monoisotopic (exact) mass is 571 g/mol. The Bertz CT molecular complexity index is 1500. The number of sulfonamides is 1. The Morgan fingerprint density at radius 2 is 1.98 bits per heavy atom. The Kier molecular flexibility index (Phi) is 8.86. The van der Waals surface area contributed by atoms with Gasteiger partial charge in [-0.2, -0.15) is 9.78 Å². The van der Waals surface area contributed by atoms with Gasteiger partial charge in [-0.25, -0.2) is 13.1 Å². The number of hydrogen-bond acceptors (Lipinski definition) is 8. The van der Waals surface area contributed by atoms with E-state index in [0.717, 1.165) is 30.5 Å². The zero-order chi connectivity index (χ0) is 29.0. The average molecular weight is 572 g/mol. The number of ether oxygens (including phenoxy) is 2. The molecule has 0 unspecified atom stereocenters. The molecule has 1 fully saturated rings. The van der Waals surface area contributed by atoms with Crippen LogP contribution in [0.3, 0.4) is 0 Å². The lowest BCUT2D eigenvalue weighted by molar-refractivity contribution is -0.385. The van der Waals surface area contributed by atoms with Gasteiger partial charge in [-0.05, 0) is 58.2 Å². The molecule has 13 heteroatoms. The number of aryl methyl sites for hydroxylation is 1. The van der Waals surface area contributed by atoms with Crippen LogP contribution in [-0.2, 0) is 14.8 Å². The third-order valence-electron chi connectivity index (χ3n) is 6.68. The molecule has 3 aromatic rings. The van der Waals surface area contributed by atoms with E-state index in [4.69, 9.17) is 9.47 Å². The summed E-state index contributed by atoms with van der Waals surface area (Å²) in [4.78, 5) is 23.5. The fraction of sp³-hybridized carbons (Fsp3) is 0.407. The average Bonchev–Trinajstić information content (AvgIpc) is 3.56. The van der Waals surface area contributed by atoms with Gasteiger partial charge in [-0.1, -0.05) is 24.6 Å². The predicted octanol–water partition coefficient (Wildman–Crippen LogP) is 4.18. The van der Waals surface area contributed by atoms with E-state index in [2.05, 4.69) is 15.1 Å². The summed E-state index contributed by atoms with van der Waals surface area (Å²) < 4.78 is 42.2. The number of hydrogen-bond donors (Lipinski definition) is 2. The normalized spacial score (nSPS) is 16.1. The van der Waals surface area contributed by atoms with Crippen LogP contribution in [0.1, 0.15) is 54.7 Å². The molecule has 40 heavy (non-hydrogen) atoms.